The minimum atomic E-state index is -5.39. The first-order chi connectivity index (χ1) is 31.5. The molecule has 3 saturated carbocycles. The Hall–Kier alpha value is -4.45. The van der Waals surface area contributed by atoms with Crippen molar-refractivity contribution in [3.8, 4) is 23.0 Å². The maximum atomic E-state index is 9.41. The Morgan fingerprint density at radius 3 is 0.652 bits per heavy atom. The Morgan fingerprint density at radius 2 is 0.545 bits per heavy atom. The van der Waals surface area contributed by atoms with Crippen molar-refractivity contribution in [2.45, 2.75) is 168 Å². The lowest BCUT2D eigenvalue weighted by Gasteiger charge is -2.36. The van der Waals surface area contributed by atoms with E-state index in [0.717, 1.165) is 66.1 Å². The van der Waals surface area contributed by atoms with Crippen molar-refractivity contribution in [2.75, 3.05) is 0 Å². The Kier molecular flexibility index (Phi) is 28.2. The predicted octanol–water partition coefficient (Wildman–Crippen LogP) is 8.52. The molecule has 0 aliphatic heterocycles. The average Bonchev–Trinajstić information content (AvgIpc) is 3.30. The van der Waals surface area contributed by atoms with Crippen LogP contribution in [0.4, 0.5) is 0 Å². The maximum absolute atomic E-state index is 9.41. The molecule has 11 nitrogen and oxygen atoms in total. The molecular weight excluding hydrogens is 850 g/mol. The maximum Gasteiger partial charge on any atom is 0.115 e. The molecule has 0 heterocycles. The highest BCUT2D eigenvalue weighted by Crippen LogP contribution is 2.34. The highest BCUT2D eigenvalue weighted by molar-refractivity contribution is 7.40. The van der Waals surface area contributed by atoms with Crippen LogP contribution in [0.2, 0.25) is 0 Å². The molecule has 0 aromatic heterocycles. The first-order valence-corrected chi connectivity index (χ1v) is 25.8. The summed E-state index contributed by atoms with van der Waals surface area (Å²) in [5.74, 6) is 1.14. The van der Waals surface area contributed by atoms with Crippen LogP contribution in [0.5, 0.6) is 23.0 Å². The van der Waals surface area contributed by atoms with E-state index in [1.165, 1.54) is 119 Å². The van der Waals surface area contributed by atoms with Gasteiger partial charge in [-0.05, 0) is 196 Å². The van der Waals surface area contributed by atoms with Crippen LogP contribution in [0.25, 0.3) is 22.3 Å². The Balaban J connectivity index is 0.000000298. The van der Waals surface area contributed by atoms with E-state index in [0.29, 0.717) is 0 Å². The van der Waals surface area contributed by atoms with Crippen molar-refractivity contribution in [2.24, 2.45) is 0 Å². The lowest BCUT2D eigenvalue weighted by molar-refractivity contribution is -0.432. The monoisotopic (exact) mass is 932 g/mol. The molecule has 0 saturated heterocycles. The Morgan fingerprint density at radius 1 is 0.394 bits per heavy atom. The molecule has 3 fully saturated rings. The number of quaternary nitrogens is 3. The number of rotatable bonds is 8. The third-order valence-corrected chi connectivity index (χ3v) is 12.2. The summed E-state index contributed by atoms with van der Waals surface area (Å²) in [6, 6.07) is 31.7. The fourth-order valence-corrected chi connectivity index (χ4v) is 8.58. The van der Waals surface area contributed by atoms with Crippen LogP contribution in [-0.2, 0) is 4.57 Å². The summed E-state index contributed by atoms with van der Waals surface area (Å²) in [6.45, 7) is 8.55. The van der Waals surface area contributed by atoms with E-state index in [9.17, 15) is 20.4 Å². The van der Waals surface area contributed by atoms with Gasteiger partial charge in [-0.1, -0.05) is 95.5 Å². The normalized spacial score (nSPS) is 16.3. The van der Waals surface area contributed by atoms with Gasteiger partial charge in [0.25, 0.3) is 0 Å². The molecule has 3 aliphatic carbocycles. The van der Waals surface area contributed by atoms with Gasteiger partial charge in [0, 0.05) is 0 Å². The second-order valence-electron chi connectivity index (χ2n) is 17.5. The summed E-state index contributed by atoms with van der Waals surface area (Å²) in [5.41, 5.74) is 21.6. The summed E-state index contributed by atoms with van der Waals surface area (Å²) in [4.78, 5) is 25.6. The second-order valence-corrected chi connectivity index (χ2v) is 18.4. The van der Waals surface area contributed by atoms with E-state index in [4.69, 9.17) is 19.2 Å². The fraction of sp³-hybridized carbons (Fsp3) is 0.481. The number of aromatic hydroxyl groups is 4. The molecule has 3 aliphatic rings. The number of benzene rings is 4. The molecule has 0 bridgehead atoms. The van der Waals surface area contributed by atoms with Crippen LogP contribution in [0, 0.1) is 0 Å². The molecule has 12 heteroatoms. The first kappa shape index (κ1) is 57.7. The van der Waals surface area contributed by atoms with E-state index in [-0.39, 0.29) is 23.0 Å². The number of hydrogen-bond acceptors (Lipinski definition) is 8. The van der Waals surface area contributed by atoms with Gasteiger partial charge < -0.3 is 56.9 Å². The third kappa shape index (κ3) is 24.4. The highest BCUT2D eigenvalue weighted by atomic mass is 31.2. The number of phosphoric acid groups is 1. The molecule has 13 N–H and O–H groups in total. The molecule has 0 spiro atoms. The van der Waals surface area contributed by atoms with Crippen LogP contribution >= 0.6 is 7.82 Å². The quantitative estimate of drug-likeness (QED) is 0.0665. The zero-order chi connectivity index (χ0) is 48.9. The van der Waals surface area contributed by atoms with E-state index in [2.05, 4.69) is 44.9 Å². The molecule has 0 atom stereocenters. The number of allylic oxidation sites excluding steroid dienone is 4. The van der Waals surface area contributed by atoms with E-state index >= 15 is 0 Å². The van der Waals surface area contributed by atoms with Gasteiger partial charge in [-0.25, -0.2) is 0 Å². The van der Waals surface area contributed by atoms with Gasteiger partial charge in [0.2, 0.25) is 0 Å². The minimum Gasteiger partial charge on any atom is -0.822 e. The topological polar surface area (TPSA) is 250 Å². The second kappa shape index (κ2) is 32.3. The van der Waals surface area contributed by atoms with Crippen LogP contribution in [-0.4, -0.2) is 38.6 Å². The molecule has 0 radical (unpaired) electrons. The summed E-state index contributed by atoms with van der Waals surface area (Å²) in [7, 11) is -5.39. The van der Waals surface area contributed by atoms with Crippen LogP contribution < -0.4 is 31.9 Å². The molecule has 66 heavy (non-hydrogen) atoms. The molecule has 4 aromatic carbocycles. The molecule has 0 unspecified atom stereocenters. The lowest BCUT2D eigenvalue weighted by Crippen LogP contribution is -2.61. The summed E-state index contributed by atoms with van der Waals surface area (Å²) in [5, 5.41) is 37.6. The average molecular weight is 932 g/mol. The fourth-order valence-electron chi connectivity index (χ4n) is 8.58. The number of phenols is 4. The van der Waals surface area contributed by atoms with Crippen molar-refractivity contribution in [3.63, 3.8) is 0 Å². The molecule has 4 aromatic rings. The summed E-state index contributed by atoms with van der Waals surface area (Å²) < 4.78 is 8.55. The Bertz CT molecular complexity index is 1730. The molecule has 7 rings (SSSR count). The zero-order valence-electron chi connectivity index (χ0n) is 40.4. The first-order valence-electron chi connectivity index (χ1n) is 24.3. The van der Waals surface area contributed by atoms with Gasteiger partial charge in [-0.15, -0.1) is 0 Å². The van der Waals surface area contributed by atoms with Gasteiger partial charge in [-0.3, -0.25) is 0 Å². The SMILES string of the molecule is CC/C(=C(/CC)c1ccc(O)cc1)c1ccc(O)cc1.CC/C(=C(/CC)c1ccc(O)cc1)c1ccc(O)cc1.O=P([O-])([O-])[O-].[NH3+]C1CCCCC1.[NH3+]C1CCCCC1.[NH3+]C1CCCCC1. The Labute approximate surface area is 395 Å². The van der Waals surface area contributed by atoms with Crippen LogP contribution in [0.3, 0.4) is 0 Å². The van der Waals surface area contributed by atoms with Crippen molar-refractivity contribution in [1.29, 1.82) is 0 Å². The largest absolute Gasteiger partial charge is 0.822 e. The number of hydrogen-bond donors (Lipinski definition) is 7. The summed E-state index contributed by atoms with van der Waals surface area (Å²) >= 11 is 0. The van der Waals surface area contributed by atoms with Gasteiger partial charge in [0.05, 0.1) is 18.1 Å². The van der Waals surface area contributed by atoms with Crippen LogP contribution in [0.15, 0.2) is 97.1 Å². The zero-order valence-corrected chi connectivity index (χ0v) is 41.3. The predicted molar refractivity (Wildman–Crippen MR) is 264 cm³/mol. The van der Waals surface area contributed by atoms with Gasteiger partial charge >= 0.3 is 0 Å². The van der Waals surface area contributed by atoms with Crippen LogP contribution in [0.1, 0.15) is 172 Å². The highest BCUT2D eigenvalue weighted by Gasteiger charge is 2.13. The van der Waals surface area contributed by atoms with Crippen molar-refractivity contribution in [1.82, 2.24) is 0 Å². The minimum absolute atomic E-state index is 0.284. The van der Waals surface area contributed by atoms with Gasteiger partial charge in [0.1, 0.15) is 23.0 Å². The van der Waals surface area contributed by atoms with Gasteiger partial charge in [0.15, 0.2) is 0 Å². The van der Waals surface area contributed by atoms with Crippen molar-refractivity contribution >= 4 is 30.1 Å². The van der Waals surface area contributed by atoms with Crippen molar-refractivity contribution < 1.29 is 56.9 Å². The molecule has 0 amide bonds. The number of phenolic OH excluding ortho intramolecular Hbond substituents is 4. The van der Waals surface area contributed by atoms with E-state index < -0.39 is 7.82 Å². The molecular formula is C54H82N3O8P. The standard InChI is InChI=1S/2C18H20O2.3C6H13N.H3O4P/c2*1-3-17(13-5-9-15(19)10-6-13)18(4-2)14-7-11-16(20)12-8-14;3*7-6-4-2-1-3-5-6;1-5(2,3)4/h2*5-12,19-20H,3-4H2,1-2H3;3*6H,1-5,7H2;(H3,1,2,3,4)/b2*18-17+;;;;. The van der Waals surface area contributed by atoms with Crippen molar-refractivity contribution in [3.05, 3.63) is 119 Å². The third-order valence-electron chi connectivity index (χ3n) is 12.2. The summed E-state index contributed by atoms with van der Waals surface area (Å²) in [6.07, 6.45) is 24.9. The molecule has 366 valence electrons. The van der Waals surface area contributed by atoms with Gasteiger partial charge in [-0.2, -0.15) is 7.82 Å². The van der Waals surface area contributed by atoms with E-state index in [1.807, 2.05) is 48.5 Å². The smallest absolute Gasteiger partial charge is 0.115 e. The van der Waals surface area contributed by atoms with E-state index in [1.54, 1.807) is 48.5 Å². The lowest BCUT2D eigenvalue weighted by atomic mass is 9.91.